The number of unbranched alkanes of at least 4 members (excludes halogenated alkanes) is 2. The summed E-state index contributed by atoms with van der Waals surface area (Å²) in [5.41, 5.74) is 0.728. The monoisotopic (exact) mass is 336 g/mol. The zero-order valence-electron chi connectivity index (χ0n) is 15.5. The molecule has 5 nitrogen and oxygen atoms in total. The zero-order chi connectivity index (χ0) is 17.8. The Morgan fingerprint density at radius 3 is 2.42 bits per heavy atom. The molecule has 0 saturated heterocycles. The van der Waals surface area contributed by atoms with Crippen molar-refractivity contribution >= 4 is 6.09 Å². The van der Waals surface area contributed by atoms with Gasteiger partial charge in [-0.2, -0.15) is 0 Å². The summed E-state index contributed by atoms with van der Waals surface area (Å²) in [6.07, 6.45) is 3.13. The van der Waals surface area contributed by atoms with Crippen LogP contribution < -0.4 is 15.4 Å². The first kappa shape index (κ1) is 20.3. The van der Waals surface area contributed by atoms with E-state index in [2.05, 4.69) is 29.7 Å². The largest absolute Gasteiger partial charge is 0.494 e. The summed E-state index contributed by atoms with van der Waals surface area (Å²) in [4.78, 5) is 11.5. The third kappa shape index (κ3) is 10.1. The number of carbonyl (C=O) groups excluding carboxylic acids is 1. The molecule has 0 saturated carbocycles. The Labute approximate surface area is 146 Å². The number of hydrogen-bond acceptors (Lipinski definition) is 4. The molecule has 0 atom stereocenters. The molecule has 0 aromatic heterocycles. The van der Waals surface area contributed by atoms with Crippen molar-refractivity contribution in [1.29, 1.82) is 0 Å². The summed E-state index contributed by atoms with van der Waals surface area (Å²) in [7, 11) is 0. The molecule has 136 valence electrons. The highest BCUT2D eigenvalue weighted by Gasteiger charge is 2.15. The van der Waals surface area contributed by atoms with E-state index in [1.165, 1.54) is 18.4 Å². The first-order valence-electron chi connectivity index (χ1n) is 8.80. The Balaban J connectivity index is 2.14. The third-order valence-corrected chi connectivity index (χ3v) is 3.24. The second kappa shape index (κ2) is 10.9. The van der Waals surface area contributed by atoms with E-state index >= 15 is 0 Å². The van der Waals surface area contributed by atoms with Gasteiger partial charge in [-0.25, -0.2) is 4.79 Å². The molecular weight excluding hydrogens is 304 g/mol. The number of nitrogens with one attached hydrogen (secondary N) is 2. The fourth-order valence-electron chi connectivity index (χ4n) is 2.05. The van der Waals surface area contributed by atoms with Crippen LogP contribution in [0.1, 0.15) is 52.5 Å². The molecule has 0 aliphatic heterocycles. The van der Waals surface area contributed by atoms with Crippen LogP contribution in [-0.4, -0.2) is 31.4 Å². The van der Waals surface area contributed by atoms with E-state index in [0.29, 0.717) is 13.1 Å². The van der Waals surface area contributed by atoms with Crippen LogP contribution in [0.25, 0.3) is 0 Å². The third-order valence-electron chi connectivity index (χ3n) is 3.24. The molecule has 1 aromatic rings. The van der Waals surface area contributed by atoms with Crippen molar-refractivity contribution in [3.8, 4) is 5.75 Å². The van der Waals surface area contributed by atoms with Crippen LogP contribution in [0.3, 0.4) is 0 Å². The highest BCUT2D eigenvalue weighted by molar-refractivity contribution is 5.67. The lowest BCUT2D eigenvalue weighted by Gasteiger charge is -2.19. The molecule has 24 heavy (non-hydrogen) atoms. The van der Waals surface area contributed by atoms with Crippen LogP contribution in [0, 0.1) is 0 Å². The molecule has 0 heterocycles. The maximum atomic E-state index is 11.5. The molecule has 0 bridgehead atoms. The van der Waals surface area contributed by atoms with Gasteiger partial charge in [0.15, 0.2) is 0 Å². The van der Waals surface area contributed by atoms with Crippen molar-refractivity contribution in [2.75, 3.05) is 19.7 Å². The molecule has 0 aliphatic rings. The predicted molar refractivity (Wildman–Crippen MR) is 97.4 cm³/mol. The van der Waals surface area contributed by atoms with Gasteiger partial charge in [0.05, 0.1) is 6.61 Å². The van der Waals surface area contributed by atoms with E-state index in [9.17, 15) is 4.79 Å². The van der Waals surface area contributed by atoms with Gasteiger partial charge in [-0.3, -0.25) is 0 Å². The van der Waals surface area contributed by atoms with Crippen LogP contribution in [0.4, 0.5) is 4.79 Å². The highest BCUT2D eigenvalue weighted by atomic mass is 16.6. The molecule has 0 radical (unpaired) electrons. The lowest BCUT2D eigenvalue weighted by atomic mass is 10.2. The van der Waals surface area contributed by atoms with E-state index in [0.717, 1.165) is 25.3 Å². The Kier molecular flexibility index (Phi) is 9.23. The fraction of sp³-hybridized carbons (Fsp3) is 0.632. The Morgan fingerprint density at radius 1 is 1.08 bits per heavy atom. The molecule has 0 aliphatic carbocycles. The Morgan fingerprint density at radius 2 is 1.79 bits per heavy atom. The summed E-state index contributed by atoms with van der Waals surface area (Å²) in [5.74, 6) is 0.918. The maximum absolute atomic E-state index is 11.5. The summed E-state index contributed by atoms with van der Waals surface area (Å²) < 4.78 is 10.9. The molecule has 0 unspecified atom stereocenters. The number of hydrogen-bond donors (Lipinski definition) is 2. The van der Waals surface area contributed by atoms with Crippen molar-refractivity contribution in [3.05, 3.63) is 29.8 Å². The van der Waals surface area contributed by atoms with Gasteiger partial charge in [0.25, 0.3) is 0 Å². The quantitative estimate of drug-likeness (QED) is 0.637. The van der Waals surface area contributed by atoms with Crippen molar-refractivity contribution in [2.45, 2.75) is 59.1 Å². The van der Waals surface area contributed by atoms with Gasteiger partial charge in [-0.1, -0.05) is 31.9 Å². The van der Waals surface area contributed by atoms with E-state index in [1.54, 1.807) is 0 Å². The Bertz CT molecular complexity index is 466. The number of benzene rings is 1. The number of rotatable bonds is 10. The smallest absolute Gasteiger partial charge is 0.407 e. The molecule has 5 heteroatoms. The molecule has 1 aromatic carbocycles. The lowest BCUT2D eigenvalue weighted by Crippen LogP contribution is -2.36. The van der Waals surface area contributed by atoms with Gasteiger partial charge in [0.1, 0.15) is 11.4 Å². The molecule has 1 amide bonds. The van der Waals surface area contributed by atoms with Crippen molar-refractivity contribution < 1.29 is 14.3 Å². The van der Waals surface area contributed by atoms with E-state index in [4.69, 9.17) is 9.47 Å². The molecule has 0 spiro atoms. The van der Waals surface area contributed by atoms with Crippen LogP contribution in [0.5, 0.6) is 5.75 Å². The van der Waals surface area contributed by atoms with Crippen LogP contribution >= 0.6 is 0 Å². The molecule has 0 fully saturated rings. The van der Waals surface area contributed by atoms with Gasteiger partial charge in [-0.15, -0.1) is 0 Å². The summed E-state index contributed by atoms with van der Waals surface area (Å²) in [6, 6.07) is 8.12. The van der Waals surface area contributed by atoms with Crippen LogP contribution in [-0.2, 0) is 11.3 Å². The summed E-state index contributed by atoms with van der Waals surface area (Å²) in [5, 5.41) is 6.01. The normalized spacial score (nSPS) is 11.2. The average molecular weight is 336 g/mol. The van der Waals surface area contributed by atoms with Crippen molar-refractivity contribution in [1.82, 2.24) is 10.6 Å². The van der Waals surface area contributed by atoms with Gasteiger partial charge < -0.3 is 20.1 Å². The topological polar surface area (TPSA) is 59.6 Å². The van der Waals surface area contributed by atoms with E-state index < -0.39 is 5.60 Å². The van der Waals surface area contributed by atoms with Gasteiger partial charge >= 0.3 is 6.09 Å². The Hall–Kier alpha value is -1.75. The number of ether oxygens (including phenoxy) is 2. The van der Waals surface area contributed by atoms with Gasteiger partial charge in [-0.05, 0) is 44.9 Å². The number of amides is 1. The summed E-state index contributed by atoms with van der Waals surface area (Å²) >= 11 is 0. The highest BCUT2D eigenvalue weighted by Crippen LogP contribution is 2.12. The fourth-order valence-corrected chi connectivity index (χ4v) is 2.05. The second-order valence-electron chi connectivity index (χ2n) is 6.80. The lowest BCUT2D eigenvalue weighted by molar-refractivity contribution is 0.0528. The van der Waals surface area contributed by atoms with Gasteiger partial charge in [0.2, 0.25) is 0 Å². The first-order valence-corrected chi connectivity index (χ1v) is 8.80. The standard InChI is InChI=1S/C19H32N2O3/c1-5-6-7-14-23-17-10-8-16(9-11-17)15-20-12-13-21-18(22)24-19(2,3)4/h8-11,20H,5-7,12-15H2,1-4H3,(H,21,22). The minimum Gasteiger partial charge on any atom is -0.494 e. The minimum atomic E-state index is -0.460. The summed E-state index contributed by atoms with van der Waals surface area (Å²) in [6.45, 7) is 10.5. The van der Waals surface area contributed by atoms with Crippen LogP contribution in [0.15, 0.2) is 24.3 Å². The predicted octanol–water partition coefficient (Wildman–Crippen LogP) is 3.87. The van der Waals surface area contributed by atoms with Gasteiger partial charge in [0, 0.05) is 19.6 Å². The zero-order valence-corrected chi connectivity index (χ0v) is 15.5. The molecular formula is C19H32N2O3. The first-order chi connectivity index (χ1) is 11.4. The molecule has 2 N–H and O–H groups in total. The number of carbonyl (C=O) groups is 1. The van der Waals surface area contributed by atoms with Crippen molar-refractivity contribution in [2.24, 2.45) is 0 Å². The molecule has 1 rings (SSSR count). The maximum Gasteiger partial charge on any atom is 0.407 e. The van der Waals surface area contributed by atoms with Crippen molar-refractivity contribution in [3.63, 3.8) is 0 Å². The second-order valence-corrected chi connectivity index (χ2v) is 6.80. The van der Waals surface area contributed by atoms with Crippen LogP contribution in [0.2, 0.25) is 0 Å². The van der Waals surface area contributed by atoms with E-state index in [1.807, 2.05) is 32.9 Å². The SMILES string of the molecule is CCCCCOc1ccc(CNCCNC(=O)OC(C)(C)C)cc1. The average Bonchev–Trinajstić information content (AvgIpc) is 2.51. The van der Waals surface area contributed by atoms with E-state index in [-0.39, 0.29) is 6.09 Å². The minimum absolute atomic E-state index is 0.381. The number of alkyl carbamates (subject to hydrolysis) is 1.